The van der Waals surface area contributed by atoms with Gasteiger partial charge >= 0.3 is 35.5 Å². The predicted molar refractivity (Wildman–Crippen MR) is 53.8 cm³/mol. The number of carbonyl (C=O) groups is 1. The molecule has 0 atom stereocenters. The number of hydrogen-bond acceptors (Lipinski definition) is 5. The van der Waals surface area contributed by atoms with Gasteiger partial charge in [0.25, 0.3) is 0 Å². The molecule has 0 N–H and O–H groups in total. The number of rotatable bonds is 3. The van der Waals surface area contributed by atoms with Gasteiger partial charge in [-0.3, -0.25) is 4.79 Å². The molecule has 0 saturated carbocycles. The van der Waals surface area contributed by atoms with Gasteiger partial charge in [-0.1, -0.05) is 15.9 Å². The van der Waals surface area contributed by atoms with E-state index in [9.17, 15) is 17.8 Å². The molecule has 1 rings (SSSR count). The number of esters is 1. The minimum Gasteiger partial charge on any atom is -0.744 e. The molecule has 5 nitrogen and oxygen atoms in total. The van der Waals surface area contributed by atoms with Crippen molar-refractivity contribution in [2.24, 2.45) is 0 Å². The molecule has 0 spiro atoms. The number of ether oxygens (including phenoxy) is 1. The number of hydrogen-bond donors (Lipinski definition) is 0. The summed E-state index contributed by atoms with van der Waals surface area (Å²) in [5.41, 5.74) is 0. The summed E-state index contributed by atoms with van der Waals surface area (Å²) in [4.78, 5) is 10.5. The van der Waals surface area contributed by atoms with Gasteiger partial charge in [0.1, 0.15) is 21.2 Å². The van der Waals surface area contributed by atoms with Crippen LogP contribution in [0.15, 0.2) is 29.2 Å². The third-order valence-electron chi connectivity index (χ3n) is 1.45. The Kier molecular flexibility index (Phi) is 6.76. The first-order chi connectivity index (χ1) is 6.93. The van der Waals surface area contributed by atoms with Crippen LogP contribution in [0.1, 0.15) is 0 Å². The Morgan fingerprint density at radius 1 is 1.31 bits per heavy atom. The van der Waals surface area contributed by atoms with Crippen molar-refractivity contribution in [3.63, 3.8) is 0 Å². The van der Waals surface area contributed by atoms with Crippen molar-refractivity contribution >= 4 is 32.0 Å². The largest absolute Gasteiger partial charge is 1.00 e. The van der Waals surface area contributed by atoms with Crippen molar-refractivity contribution in [3.8, 4) is 5.75 Å². The SMILES string of the molecule is O=C(CBr)Oc1ccc(S(=O)(=O)[O-])cc1.[Na+]. The number of benzene rings is 1. The van der Waals surface area contributed by atoms with Crippen molar-refractivity contribution in [1.29, 1.82) is 0 Å². The van der Waals surface area contributed by atoms with E-state index in [2.05, 4.69) is 15.9 Å². The fraction of sp³-hybridized carbons (Fsp3) is 0.125. The van der Waals surface area contributed by atoms with Gasteiger partial charge in [-0.15, -0.1) is 0 Å². The smallest absolute Gasteiger partial charge is 0.744 e. The van der Waals surface area contributed by atoms with E-state index < -0.39 is 16.1 Å². The van der Waals surface area contributed by atoms with E-state index in [-0.39, 0.29) is 45.5 Å². The van der Waals surface area contributed by atoms with Gasteiger partial charge in [0.15, 0.2) is 0 Å². The summed E-state index contributed by atoms with van der Waals surface area (Å²) in [5, 5.41) is 0.0363. The van der Waals surface area contributed by atoms with Gasteiger partial charge in [-0.05, 0) is 24.3 Å². The first kappa shape index (κ1) is 16.1. The van der Waals surface area contributed by atoms with Crippen LogP contribution >= 0.6 is 15.9 Å². The Hall–Kier alpha value is 0.0800. The molecule has 0 aliphatic rings. The van der Waals surface area contributed by atoms with Crippen molar-refractivity contribution in [2.45, 2.75) is 4.90 Å². The zero-order valence-corrected chi connectivity index (χ0v) is 12.7. The van der Waals surface area contributed by atoms with E-state index in [0.29, 0.717) is 0 Å². The van der Waals surface area contributed by atoms with Gasteiger partial charge in [0.05, 0.1) is 4.90 Å². The second-order valence-corrected chi connectivity index (χ2v) is 4.47. The van der Waals surface area contributed by atoms with E-state index in [4.69, 9.17) is 4.74 Å². The first-order valence-electron chi connectivity index (χ1n) is 3.76. The number of carbonyl (C=O) groups excluding carboxylic acids is 1. The predicted octanol–water partition coefficient (Wildman–Crippen LogP) is -2.10. The maximum absolute atomic E-state index is 10.8. The third kappa shape index (κ3) is 4.94. The topological polar surface area (TPSA) is 83.5 Å². The Morgan fingerprint density at radius 2 is 1.81 bits per heavy atom. The Balaban J connectivity index is 0.00000225. The molecule has 0 radical (unpaired) electrons. The quantitative estimate of drug-likeness (QED) is 0.210. The molecule has 0 aromatic heterocycles. The molecule has 0 heterocycles. The van der Waals surface area contributed by atoms with Gasteiger partial charge < -0.3 is 9.29 Å². The summed E-state index contributed by atoms with van der Waals surface area (Å²) < 4.78 is 36.4. The average Bonchev–Trinajstić information content (AvgIpc) is 2.17. The molecule has 1 aromatic rings. The Morgan fingerprint density at radius 3 is 2.19 bits per heavy atom. The summed E-state index contributed by atoms with van der Waals surface area (Å²) in [6.45, 7) is 0. The summed E-state index contributed by atoms with van der Waals surface area (Å²) in [5.74, 6) is -0.320. The normalized spacial score (nSPS) is 10.4. The van der Waals surface area contributed by atoms with E-state index >= 15 is 0 Å². The van der Waals surface area contributed by atoms with Crippen LogP contribution in [0.3, 0.4) is 0 Å². The van der Waals surface area contributed by atoms with Gasteiger partial charge in [0.2, 0.25) is 0 Å². The van der Waals surface area contributed by atoms with Crippen LogP contribution in [0.5, 0.6) is 5.75 Å². The molecule has 0 fully saturated rings. The summed E-state index contributed by atoms with van der Waals surface area (Å²) in [6.07, 6.45) is 0. The van der Waals surface area contributed by atoms with Crippen molar-refractivity contribution < 1.29 is 52.1 Å². The van der Waals surface area contributed by atoms with Gasteiger partial charge in [0, 0.05) is 0 Å². The number of halogens is 1. The van der Waals surface area contributed by atoms with Crippen molar-refractivity contribution in [2.75, 3.05) is 5.33 Å². The molecular formula is C8H6BrNaO5S. The first-order valence-corrected chi connectivity index (χ1v) is 6.29. The van der Waals surface area contributed by atoms with E-state index in [0.717, 1.165) is 12.1 Å². The number of alkyl halides is 1. The van der Waals surface area contributed by atoms with E-state index in [1.165, 1.54) is 12.1 Å². The van der Waals surface area contributed by atoms with Crippen molar-refractivity contribution in [1.82, 2.24) is 0 Å². The van der Waals surface area contributed by atoms with E-state index in [1.54, 1.807) is 0 Å². The zero-order chi connectivity index (χ0) is 11.5. The standard InChI is InChI=1S/C8H7BrO5S.Na/c9-5-8(10)14-6-1-3-7(4-2-6)15(11,12)13;/h1-4H,5H2,(H,11,12,13);/q;+1/p-1. The van der Waals surface area contributed by atoms with Crippen LogP contribution in [0.25, 0.3) is 0 Å². The molecule has 0 aliphatic carbocycles. The molecular weight excluding hydrogens is 311 g/mol. The van der Waals surface area contributed by atoms with E-state index in [1.807, 2.05) is 0 Å². The molecule has 1 aromatic carbocycles. The molecule has 8 heteroatoms. The van der Waals surface area contributed by atoms with Crippen LogP contribution in [0.4, 0.5) is 0 Å². The maximum Gasteiger partial charge on any atom is 1.00 e. The monoisotopic (exact) mass is 316 g/mol. The minimum absolute atomic E-state index is 0. The molecule has 0 amide bonds. The molecule has 0 aliphatic heterocycles. The van der Waals surface area contributed by atoms with Gasteiger partial charge in [-0.2, -0.15) is 0 Å². The summed E-state index contributed by atoms with van der Waals surface area (Å²) in [6, 6.07) is 4.65. The molecule has 0 unspecified atom stereocenters. The third-order valence-corrected chi connectivity index (χ3v) is 2.76. The second kappa shape index (κ2) is 6.73. The average molecular weight is 317 g/mol. The van der Waals surface area contributed by atoms with Crippen LogP contribution in [-0.2, 0) is 14.9 Å². The molecule has 0 bridgehead atoms. The van der Waals surface area contributed by atoms with Gasteiger partial charge in [-0.25, -0.2) is 8.42 Å². The second-order valence-electron chi connectivity index (χ2n) is 2.53. The van der Waals surface area contributed by atoms with Crippen LogP contribution in [0, 0.1) is 0 Å². The summed E-state index contributed by atoms with van der Waals surface area (Å²) >= 11 is 2.90. The van der Waals surface area contributed by atoms with Crippen LogP contribution in [-0.4, -0.2) is 24.3 Å². The van der Waals surface area contributed by atoms with Crippen LogP contribution < -0.4 is 34.3 Å². The molecule has 16 heavy (non-hydrogen) atoms. The minimum atomic E-state index is -4.45. The fourth-order valence-electron chi connectivity index (χ4n) is 0.833. The molecule has 82 valence electrons. The maximum atomic E-state index is 10.8. The fourth-order valence-corrected chi connectivity index (χ4v) is 1.42. The zero-order valence-electron chi connectivity index (χ0n) is 8.34. The Labute approximate surface area is 123 Å². The van der Waals surface area contributed by atoms with Crippen LogP contribution in [0.2, 0.25) is 0 Å². The Bertz CT molecular complexity index is 456. The van der Waals surface area contributed by atoms with Crippen molar-refractivity contribution in [3.05, 3.63) is 24.3 Å². The summed E-state index contributed by atoms with van der Waals surface area (Å²) in [7, 11) is -4.45. The molecule has 0 saturated heterocycles.